The number of aliphatic imine (C=N–C) groups is 2. The Balaban J connectivity index is 0.000000442. The number of benzene rings is 5. The molecule has 0 atom stereocenters. The lowest BCUT2D eigenvalue weighted by atomic mass is 10.1. The molecule has 0 bridgehead atoms. The van der Waals surface area contributed by atoms with Crippen molar-refractivity contribution >= 4 is 92.5 Å². The molecule has 0 fully saturated rings. The number of thioether (sulfide) groups is 4. The van der Waals surface area contributed by atoms with Gasteiger partial charge in [-0.05, 0) is 64.8 Å². The van der Waals surface area contributed by atoms with Gasteiger partial charge < -0.3 is 27.8 Å². The highest BCUT2D eigenvalue weighted by molar-refractivity contribution is 8.14. The lowest BCUT2D eigenvalue weighted by molar-refractivity contribution is 0.270. The summed E-state index contributed by atoms with van der Waals surface area (Å²) in [5.74, 6) is 3.20. The fourth-order valence-corrected chi connectivity index (χ4v) is 9.31. The monoisotopic (exact) mass is 1010 g/mol. The molecule has 0 unspecified atom stereocenters. The van der Waals surface area contributed by atoms with Crippen LogP contribution in [0.2, 0.25) is 0 Å². The van der Waals surface area contributed by atoms with Crippen LogP contribution in [0.15, 0.2) is 150 Å². The van der Waals surface area contributed by atoms with Gasteiger partial charge in [-0.3, -0.25) is 20.6 Å². The Kier molecular flexibility index (Phi) is 30.0. The summed E-state index contributed by atoms with van der Waals surface area (Å²) in [4.78, 5) is 14.3. The second-order valence-corrected chi connectivity index (χ2v) is 18.5. The van der Waals surface area contributed by atoms with E-state index in [0.717, 1.165) is 98.5 Å². The minimum Gasteiger partial charge on any atom is -0.379 e. The first-order chi connectivity index (χ1) is 30.8. The van der Waals surface area contributed by atoms with Crippen LogP contribution in [0.1, 0.15) is 46.4 Å². The molecule has 0 saturated heterocycles. The summed E-state index contributed by atoms with van der Waals surface area (Å²) in [7, 11) is 0. The fraction of sp³-hybridized carbons (Fsp3) is 0.306. The van der Waals surface area contributed by atoms with E-state index in [4.69, 9.17) is 38.0 Å². The van der Waals surface area contributed by atoms with Gasteiger partial charge >= 0.3 is 0 Å². The Morgan fingerprint density at radius 3 is 1.12 bits per heavy atom. The Hall–Kier alpha value is -4.16. The lowest BCUT2D eigenvalue weighted by Gasteiger charge is -2.27. The van der Waals surface area contributed by atoms with Crippen molar-refractivity contribution in [3.63, 3.8) is 0 Å². The molecular formula is C49H67Cl2N11S4. The molecule has 0 aromatic heterocycles. The van der Waals surface area contributed by atoms with Gasteiger partial charge in [-0.25, -0.2) is 9.98 Å². The predicted octanol–water partition coefficient (Wildman–Crippen LogP) is 9.60. The number of nitrogens with two attached hydrogens (primary N) is 3. The highest BCUT2D eigenvalue weighted by Gasteiger charge is 2.15. The van der Waals surface area contributed by atoms with Crippen LogP contribution in [0, 0.1) is 10.8 Å². The van der Waals surface area contributed by atoms with Crippen LogP contribution in [0.3, 0.4) is 0 Å². The molecule has 2 heterocycles. The van der Waals surface area contributed by atoms with Crippen LogP contribution in [-0.4, -0.2) is 76.8 Å². The van der Waals surface area contributed by atoms with E-state index in [0.29, 0.717) is 11.5 Å². The smallest absolute Gasteiger partial charge is 0.159 e. The number of nitrogens with zero attached hydrogens (tertiary/aromatic N) is 4. The summed E-state index contributed by atoms with van der Waals surface area (Å²) in [6.45, 7) is 5.99. The van der Waals surface area contributed by atoms with Crippen molar-refractivity contribution in [2.24, 2.45) is 27.2 Å². The molecule has 5 aromatic rings. The number of hydrogen-bond donors (Lipinski definition) is 7. The number of halogens is 2. The largest absolute Gasteiger partial charge is 0.379 e. The third-order valence-electron chi connectivity index (χ3n) is 9.86. The molecule has 0 radical (unpaired) electrons. The highest BCUT2D eigenvalue weighted by atomic mass is 35.5. The Morgan fingerprint density at radius 2 is 0.818 bits per heavy atom. The van der Waals surface area contributed by atoms with Crippen molar-refractivity contribution in [1.29, 1.82) is 10.8 Å². The maximum absolute atomic E-state index is 7.17. The van der Waals surface area contributed by atoms with Crippen LogP contribution in [0.5, 0.6) is 0 Å². The number of hydrogen-bond acceptors (Lipinski definition) is 13. The van der Waals surface area contributed by atoms with Gasteiger partial charge in [-0.2, -0.15) is 0 Å². The van der Waals surface area contributed by atoms with Gasteiger partial charge in [0.1, 0.15) is 0 Å². The molecule has 0 saturated carbocycles. The van der Waals surface area contributed by atoms with E-state index >= 15 is 0 Å². The lowest BCUT2D eigenvalue weighted by Crippen LogP contribution is -2.42. The summed E-state index contributed by atoms with van der Waals surface area (Å²) in [6, 6.07) is 48.2. The first kappa shape index (κ1) is 58.0. The zero-order valence-corrected chi connectivity index (χ0v) is 41.5. The van der Waals surface area contributed by atoms with Gasteiger partial charge in [-0.15, -0.1) is 24.8 Å². The third kappa shape index (κ3) is 23.0. The average molecular weight is 1010 g/mol. The third-order valence-corrected chi connectivity index (χ3v) is 13.4. The first-order valence-corrected chi connectivity index (χ1v) is 24.9. The number of rotatable bonds is 16. The summed E-state index contributed by atoms with van der Waals surface area (Å²) in [5.41, 5.74) is 25.0. The van der Waals surface area contributed by atoms with E-state index in [9.17, 15) is 0 Å². The zero-order valence-electron chi connectivity index (χ0n) is 36.6. The molecule has 10 N–H and O–H groups in total. The summed E-state index contributed by atoms with van der Waals surface area (Å²) in [5, 5.41) is 23.7. The van der Waals surface area contributed by atoms with Gasteiger partial charge in [0.15, 0.2) is 20.7 Å². The van der Waals surface area contributed by atoms with Crippen LogP contribution in [0.25, 0.3) is 0 Å². The molecule has 0 amide bonds. The Morgan fingerprint density at radius 1 is 0.500 bits per heavy atom. The van der Waals surface area contributed by atoms with Crippen molar-refractivity contribution in [3.8, 4) is 0 Å². The molecule has 5 aromatic carbocycles. The number of nitrogens with one attached hydrogen (secondary N) is 4. The highest BCUT2D eigenvalue weighted by Crippen LogP contribution is 2.24. The Labute approximate surface area is 422 Å². The molecular weight excluding hydrogens is 942 g/mol. The summed E-state index contributed by atoms with van der Waals surface area (Å²) < 4.78 is 0. The molecule has 0 aliphatic carbocycles. The zero-order chi connectivity index (χ0) is 44.3. The van der Waals surface area contributed by atoms with Crippen molar-refractivity contribution < 1.29 is 0 Å². The van der Waals surface area contributed by atoms with Crippen LogP contribution >= 0.6 is 71.9 Å². The van der Waals surface area contributed by atoms with Crippen LogP contribution in [-0.2, 0) is 42.3 Å². The van der Waals surface area contributed by atoms with Gasteiger partial charge in [-0.1, -0.05) is 194 Å². The summed E-state index contributed by atoms with van der Waals surface area (Å²) in [6.07, 6.45) is 3.09. The van der Waals surface area contributed by atoms with Crippen LogP contribution in [0.4, 0.5) is 0 Å². The standard InChI is InChI=1S/C30H36N6S2.C10H14N4S2.C8H11N.CH4.2ClH/c1-3-9-25(10-4-1)15-17-35-21-31-29(32-22-35)37-19-27-13-7-8-14-28(27)20-38-30-33-23-36(24-34-30)18-16-26-11-5-2-6-12-26;11-9(12)15-5-7-3-1-2-4-8(7)6-16-10(13)14;9-7-6-8-4-2-1-3-5-8;;;/h1-14H,15-24H2,(H,31,32)(H,33,34);1-4H,5-6H2,(H3,11,12)(H3,13,14);1-5H,6-7,9H2;1H4;2*1H. The van der Waals surface area contributed by atoms with Gasteiger partial charge in [0.05, 0.1) is 26.7 Å². The first-order valence-electron chi connectivity index (χ1n) is 21.0. The average Bonchev–Trinajstić information content (AvgIpc) is 3.32. The van der Waals surface area contributed by atoms with Gasteiger partial charge in [0.25, 0.3) is 0 Å². The maximum atomic E-state index is 7.17. The minimum absolute atomic E-state index is 0. The van der Waals surface area contributed by atoms with Gasteiger partial charge in [0.2, 0.25) is 0 Å². The van der Waals surface area contributed by atoms with E-state index in [1.165, 1.54) is 51.3 Å². The Bertz CT molecular complexity index is 2040. The normalized spacial score (nSPS) is 13.1. The minimum atomic E-state index is 0. The van der Waals surface area contributed by atoms with Crippen molar-refractivity contribution in [2.45, 2.75) is 49.7 Å². The molecule has 66 heavy (non-hydrogen) atoms. The fourth-order valence-electron chi connectivity index (χ4n) is 6.35. The SMILES string of the molecule is C.Cl.Cl.N=C(N)SCc1ccccc1CSC(=N)N.NCCc1ccccc1.c1ccc(CCN2CN=C(SCc3ccccc3CSC3=NCN(CCc4ccccc4)CN3)NC2)cc1. The molecule has 2 aliphatic heterocycles. The molecule has 0 spiro atoms. The second-order valence-electron chi connectivity index (χ2n) is 14.6. The van der Waals surface area contributed by atoms with E-state index < -0.39 is 0 Å². The predicted molar refractivity (Wildman–Crippen MR) is 297 cm³/mol. The van der Waals surface area contributed by atoms with Gasteiger partial charge in [0, 0.05) is 36.1 Å². The summed E-state index contributed by atoms with van der Waals surface area (Å²) >= 11 is 6.19. The van der Waals surface area contributed by atoms with E-state index in [1.54, 1.807) is 23.5 Å². The van der Waals surface area contributed by atoms with Crippen molar-refractivity contribution in [2.75, 3.05) is 46.3 Å². The van der Waals surface area contributed by atoms with Crippen LogP contribution < -0.4 is 27.8 Å². The molecule has 2 aliphatic rings. The molecule has 17 heteroatoms. The number of amidine groups is 4. The van der Waals surface area contributed by atoms with E-state index in [1.807, 2.05) is 42.5 Å². The topological polar surface area (TPSA) is 181 Å². The van der Waals surface area contributed by atoms with E-state index in [2.05, 4.69) is 117 Å². The van der Waals surface area contributed by atoms with Crippen molar-refractivity contribution in [3.05, 3.63) is 178 Å². The van der Waals surface area contributed by atoms with E-state index in [-0.39, 0.29) is 42.6 Å². The quantitative estimate of drug-likeness (QED) is 0.0370. The molecule has 356 valence electrons. The second kappa shape index (κ2) is 34.2. The molecule has 11 nitrogen and oxygen atoms in total. The molecule has 7 rings (SSSR count). The maximum Gasteiger partial charge on any atom is 0.159 e. The van der Waals surface area contributed by atoms with Crippen molar-refractivity contribution in [1.82, 2.24) is 20.4 Å².